The van der Waals surface area contributed by atoms with Gasteiger partial charge in [-0.05, 0) is 49.1 Å². The molecule has 2 aromatic heterocycles. The fraction of sp³-hybridized carbons (Fsp3) is 0.435. The maximum absolute atomic E-state index is 5.44. The number of benzene rings is 1. The molecule has 0 saturated carbocycles. The van der Waals surface area contributed by atoms with Gasteiger partial charge in [0.2, 0.25) is 0 Å². The number of hydrogen-bond acceptors (Lipinski definition) is 5. The van der Waals surface area contributed by atoms with Gasteiger partial charge in [-0.3, -0.25) is 10.1 Å². The largest absolute Gasteiger partial charge is 0.497 e. The van der Waals surface area contributed by atoms with Gasteiger partial charge in [0.25, 0.3) is 0 Å². The summed E-state index contributed by atoms with van der Waals surface area (Å²) in [6.45, 7) is 3.41. The van der Waals surface area contributed by atoms with E-state index in [1.165, 1.54) is 5.56 Å². The first-order valence-corrected chi connectivity index (χ1v) is 10.9. The summed E-state index contributed by atoms with van der Waals surface area (Å²) < 4.78 is 10.7. The molecule has 4 rings (SSSR count). The van der Waals surface area contributed by atoms with E-state index in [2.05, 4.69) is 37.5 Å². The summed E-state index contributed by atoms with van der Waals surface area (Å²) in [5, 5.41) is 10.6. The molecule has 0 unspecified atom stereocenters. The summed E-state index contributed by atoms with van der Waals surface area (Å²) in [6, 6.07) is 12.1. The number of likely N-dealkylation sites (tertiary alicyclic amines) is 1. The smallest absolute Gasteiger partial charge is 0.193 e. The zero-order valence-electron chi connectivity index (χ0n) is 18.4. The van der Waals surface area contributed by atoms with Gasteiger partial charge in [0.15, 0.2) is 5.96 Å². The highest BCUT2D eigenvalue weighted by atomic mass is 127. The maximum Gasteiger partial charge on any atom is 0.193 e. The number of ether oxygens (including phenoxy) is 1. The molecule has 1 fully saturated rings. The van der Waals surface area contributed by atoms with Crippen LogP contribution < -0.4 is 10.1 Å². The zero-order chi connectivity index (χ0) is 21.3. The third kappa shape index (κ3) is 6.72. The lowest BCUT2D eigenvalue weighted by Gasteiger charge is -2.33. The lowest BCUT2D eigenvalue weighted by molar-refractivity contribution is 0.298. The quantitative estimate of drug-likeness (QED) is 0.253. The number of halogens is 1. The average Bonchev–Trinajstić information content (AvgIpc) is 3.53. The fourth-order valence-corrected chi connectivity index (χ4v) is 3.88. The van der Waals surface area contributed by atoms with E-state index in [4.69, 9.17) is 14.1 Å². The summed E-state index contributed by atoms with van der Waals surface area (Å²) in [7, 11) is 1.69. The van der Waals surface area contributed by atoms with Crippen molar-refractivity contribution in [3.05, 3.63) is 66.1 Å². The van der Waals surface area contributed by atoms with Crippen molar-refractivity contribution in [2.45, 2.75) is 31.6 Å². The Morgan fingerprint density at radius 1 is 1.22 bits per heavy atom. The minimum atomic E-state index is 0. The number of rotatable bonds is 8. The van der Waals surface area contributed by atoms with Crippen LogP contribution in [0.2, 0.25) is 0 Å². The van der Waals surface area contributed by atoms with Crippen LogP contribution in [-0.2, 0) is 12.8 Å². The number of furan rings is 1. The summed E-state index contributed by atoms with van der Waals surface area (Å²) in [5.41, 5.74) is 1.27. The van der Waals surface area contributed by atoms with Crippen LogP contribution in [0, 0.1) is 0 Å². The molecule has 1 saturated heterocycles. The Morgan fingerprint density at radius 3 is 2.69 bits per heavy atom. The first-order valence-electron chi connectivity index (χ1n) is 10.9. The molecule has 3 heterocycles. The Bertz CT molecular complexity index is 920. The molecule has 0 atom stereocenters. The molecule has 0 aliphatic carbocycles. The number of methoxy groups -OCH3 is 1. The normalized spacial score (nSPS) is 14.8. The molecule has 3 aromatic rings. The summed E-state index contributed by atoms with van der Waals surface area (Å²) >= 11 is 0. The molecule has 1 aliphatic heterocycles. The van der Waals surface area contributed by atoms with Gasteiger partial charge in [-0.1, -0.05) is 12.1 Å². The van der Waals surface area contributed by atoms with Gasteiger partial charge in [-0.2, -0.15) is 5.10 Å². The highest BCUT2D eigenvalue weighted by molar-refractivity contribution is 14.0. The molecule has 172 valence electrons. The van der Waals surface area contributed by atoms with E-state index in [1.807, 2.05) is 24.3 Å². The minimum Gasteiger partial charge on any atom is -0.497 e. The molecule has 0 amide bonds. The second-order valence-electron chi connectivity index (χ2n) is 7.69. The van der Waals surface area contributed by atoms with Crippen LogP contribution in [0.25, 0.3) is 0 Å². The summed E-state index contributed by atoms with van der Waals surface area (Å²) in [5.74, 6) is 4.24. The first kappa shape index (κ1) is 24.1. The van der Waals surface area contributed by atoms with Crippen molar-refractivity contribution in [3.63, 3.8) is 0 Å². The van der Waals surface area contributed by atoms with Gasteiger partial charge in [-0.25, -0.2) is 4.98 Å². The maximum atomic E-state index is 5.44. The molecule has 9 heteroatoms. The van der Waals surface area contributed by atoms with Crippen LogP contribution in [0.5, 0.6) is 5.75 Å². The van der Waals surface area contributed by atoms with Crippen LogP contribution in [0.4, 0.5) is 0 Å². The molecule has 0 bridgehead atoms. The van der Waals surface area contributed by atoms with Gasteiger partial charge >= 0.3 is 0 Å². The number of hydrogen-bond donors (Lipinski definition) is 2. The van der Waals surface area contributed by atoms with Crippen molar-refractivity contribution < 1.29 is 9.15 Å². The van der Waals surface area contributed by atoms with E-state index >= 15 is 0 Å². The number of nitrogens with one attached hydrogen (secondary N) is 2. The van der Waals surface area contributed by atoms with Gasteiger partial charge in [0, 0.05) is 38.5 Å². The van der Waals surface area contributed by atoms with Gasteiger partial charge in [-0.15, -0.1) is 24.0 Å². The van der Waals surface area contributed by atoms with Gasteiger partial charge in [0.1, 0.15) is 23.7 Å². The Labute approximate surface area is 205 Å². The molecule has 8 nitrogen and oxygen atoms in total. The van der Waals surface area contributed by atoms with Gasteiger partial charge in [0.05, 0.1) is 13.4 Å². The standard InChI is InChI=1S/C23H30N6O2.HI/c1-30-20-6-4-18(5-7-20)8-12-24-23(25-13-9-21-3-2-16-31-21)29-14-10-19(11-15-29)22-26-17-27-28-22;/h2-7,16-17,19H,8-15H2,1H3,(H,24,25)(H,26,27,28);1H. The number of guanidine groups is 1. The predicted octanol–water partition coefficient (Wildman–Crippen LogP) is 3.63. The Morgan fingerprint density at radius 2 is 2.03 bits per heavy atom. The number of piperidine rings is 1. The molecule has 0 spiro atoms. The van der Waals surface area contributed by atoms with Crippen molar-refractivity contribution >= 4 is 29.9 Å². The average molecular weight is 550 g/mol. The number of aliphatic imine (C=N–C) groups is 1. The lowest BCUT2D eigenvalue weighted by Crippen LogP contribution is -2.46. The fourth-order valence-electron chi connectivity index (χ4n) is 3.88. The lowest BCUT2D eigenvalue weighted by atomic mass is 9.96. The molecule has 1 aromatic carbocycles. The minimum absolute atomic E-state index is 0. The second kappa shape index (κ2) is 12.5. The van der Waals surface area contributed by atoms with Gasteiger partial charge < -0.3 is 19.4 Å². The summed E-state index contributed by atoms with van der Waals surface area (Å²) in [6.07, 6.45) is 7.09. The molecule has 32 heavy (non-hydrogen) atoms. The van der Waals surface area contributed by atoms with E-state index < -0.39 is 0 Å². The van der Waals surface area contributed by atoms with Crippen molar-refractivity contribution in [2.24, 2.45) is 4.99 Å². The van der Waals surface area contributed by atoms with Crippen molar-refractivity contribution in [2.75, 3.05) is 33.3 Å². The van der Waals surface area contributed by atoms with E-state index in [1.54, 1.807) is 19.7 Å². The molecule has 1 aliphatic rings. The Kier molecular flexibility index (Phi) is 9.39. The Hall–Kier alpha value is -2.56. The number of aromatic amines is 1. The predicted molar refractivity (Wildman–Crippen MR) is 135 cm³/mol. The van der Waals surface area contributed by atoms with Crippen molar-refractivity contribution in [1.82, 2.24) is 25.4 Å². The van der Waals surface area contributed by atoms with E-state index in [0.29, 0.717) is 12.5 Å². The van der Waals surface area contributed by atoms with Crippen LogP contribution in [0.3, 0.4) is 0 Å². The molecular weight excluding hydrogens is 519 g/mol. The highest BCUT2D eigenvalue weighted by Crippen LogP contribution is 2.25. The van der Waals surface area contributed by atoms with Crippen LogP contribution in [0.15, 0.2) is 58.4 Å². The molecule has 2 N–H and O–H groups in total. The number of nitrogens with zero attached hydrogens (tertiary/aromatic N) is 4. The van der Waals surface area contributed by atoms with Crippen LogP contribution >= 0.6 is 24.0 Å². The first-order chi connectivity index (χ1) is 15.3. The molecular formula is C23H31IN6O2. The number of H-pyrrole nitrogens is 1. The summed E-state index contributed by atoms with van der Waals surface area (Å²) in [4.78, 5) is 11.6. The SMILES string of the molecule is COc1ccc(CCNC(=NCCc2ccco2)N2CCC(c3ncn[nH]3)CC2)cc1.I. The second-order valence-corrected chi connectivity index (χ2v) is 7.69. The van der Waals surface area contributed by atoms with Crippen LogP contribution in [-0.4, -0.2) is 59.3 Å². The molecule has 0 radical (unpaired) electrons. The zero-order valence-corrected chi connectivity index (χ0v) is 20.7. The van der Waals surface area contributed by atoms with Crippen LogP contribution in [0.1, 0.15) is 35.9 Å². The van der Waals surface area contributed by atoms with E-state index in [-0.39, 0.29) is 24.0 Å². The van der Waals surface area contributed by atoms with Crippen molar-refractivity contribution in [1.29, 1.82) is 0 Å². The monoisotopic (exact) mass is 550 g/mol. The topological polar surface area (TPSA) is 91.6 Å². The highest BCUT2D eigenvalue weighted by Gasteiger charge is 2.24. The van der Waals surface area contributed by atoms with Crippen molar-refractivity contribution in [3.8, 4) is 5.75 Å². The van der Waals surface area contributed by atoms with E-state index in [9.17, 15) is 0 Å². The Balaban J connectivity index is 0.00000289. The third-order valence-electron chi connectivity index (χ3n) is 5.67. The number of aromatic nitrogens is 3. The third-order valence-corrected chi connectivity index (χ3v) is 5.67. The van der Waals surface area contributed by atoms with E-state index in [0.717, 1.165) is 68.6 Å².